The SMILES string of the molecule is O=C(CSc1ncc(-c2ccccc2)nn1)N(c1ccccc1)c1ccccc1. The van der Waals surface area contributed by atoms with Crippen LogP contribution < -0.4 is 4.90 Å². The van der Waals surface area contributed by atoms with Crippen molar-refractivity contribution in [1.29, 1.82) is 0 Å². The van der Waals surface area contributed by atoms with Gasteiger partial charge in [-0.3, -0.25) is 9.69 Å². The number of nitrogens with zero attached hydrogens (tertiary/aromatic N) is 4. The third kappa shape index (κ3) is 4.67. The molecule has 0 saturated heterocycles. The van der Waals surface area contributed by atoms with Crippen LogP contribution in [0.3, 0.4) is 0 Å². The van der Waals surface area contributed by atoms with E-state index in [-0.39, 0.29) is 11.7 Å². The Balaban J connectivity index is 1.48. The third-order valence-electron chi connectivity index (χ3n) is 4.21. The first-order valence-electron chi connectivity index (χ1n) is 9.12. The van der Waals surface area contributed by atoms with E-state index < -0.39 is 0 Å². The van der Waals surface area contributed by atoms with E-state index >= 15 is 0 Å². The summed E-state index contributed by atoms with van der Waals surface area (Å²) < 4.78 is 0. The number of para-hydroxylation sites is 2. The number of anilines is 2. The predicted molar refractivity (Wildman–Crippen MR) is 116 cm³/mol. The average molecular weight is 398 g/mol. The number of rotatable bonds is 6. The molecule has 29 heavy (non-hydrogen) atoms. The first-order valence-corrected chi connectivity index (χ1v) is 10.1. The fraction of sp³-hybridized carbons (Fsp3) is 0.0435. The van der Waals surface area contributed by atoms with Gasteiger partial charge in [0, 0.05) is 16.9 Å². The van der Waals surface area contributed by atoms with Gasteiger partial charge in [0.1, 0.15) is 5.69 Å². The van der Waals surface area contributed by atoms with Crippen molar-refractivity contribution in [2.45, 2.75) is 5.16 Å². The molecule has 0 radical (unpaired) electrons. The Morgan fingerprint density at radius 3 is 1.83 bits per heavy atom. The first-order chi connectivity index (χ1) is 14.3. The maximum absolute atomic E-state index is 13.0. The van der Waals surface area contributed by atoms with Gasteiger partial charge in [0.2, 0.25) is 11.1 Å². The summed E-state index contributed by atoms with van der Waals surface area (Å²) in [4.78, 5) is 19.1. The lowest BCUT2D eigenvalue weighted by Crippen LogP contribution is -2.27. The van der Waals surface area contributed by atoms with Gasteiger partial charge >= 0.3 is 0 Å². The Morgan fingerprint density at radius 1 is 0.759 bits per heavy atom. The van der Waals surface area contributed by atoms with Crippen molar-refractivity contribution in [3.63, 3.8) is 0 Å². The monoisotopic (exact) mass is 398 g/mol. The summed E-state index contributed by atoms with van der Waals surface area (Å²) in [6.45, 7) is 0. The molecule has 0 N–H and O–H groups in total. The molecule has 142 valence electrons. The van der Waals surface area contributed by atoms with Crippen LogP contribution in [0.5, 0.6) is 0 Å². The highest BCUT2D eigenvalue weighted by Gasteiger charge is 2.18. The van der Waals surface area contributed by atoms with Crippen LogP contribution in [0.25, 0.3) is 11.3 Å². The molecule has 3 aromatic carbocycles. The summed E-state index contributed by atoms with van der Waals surface area (Å²) in [6.07, 6.45) is 1.68. The van der Waals surface area contributed by atoms with E-state index in [0.29, 0.717) is 10.9 Å². The van der Waals surface area contributed by atoms with Gasteiger partial charge < -0.3 is 0 Å². The van der Waals surface area contributed by atoms with E-state index in [1.165, 1.54) is 11.8 Å². The van der Waals surface area contributed by atoms with Crippen LogP contribution in [0.15, 0.2) is 102 Å². The molecule has 1 aromatic heterocycles. The third-order valence-corrected chi connectivity index (χ3v) is 5.05. The molecule has 0 saturated carbocycles. The summed E-state index contributed by atoms with van der Waals surface area (Å²) >= 11 is 1.27. The molecule has 0 aliphatic carbocycles. The summed E-state index contributed by atoms with van der Waals surface area (Å²) in [5.41, 5.74) is 3.31. The maximum Gasteiger partial charge on any atom is 0.242 e. The van der Waals surface area contributed by atoms with E-state index in [0.717, 1.165) is 16.9 Å². The fourth-order valence-corrected chi connectivity index (χ4v) is 3.46. The van der Waals surface area contributed by atoms with Gasteiger partial charge in [-0.2, -0.15) is 0 Å². The van der Waals surface area contributed by atoms with E-state index in [1.54, 1.807) is 11.1 Å². The summed E-state index contributed by atoms with van der Waals surface area (Å²) in [5.74, 6) is 0.152. The Hall–Kier alpha value is -3.51. The van der Waals surface area contributed by atoms with Crippen LogP contribution in [0.2, 0.25) is 0 Å². The van der Waals surface area contributed by atoms with E-state index in [1.807, 2.05) is 91.0 Å². The lowest BCUT2D eigenvalue weighted by Gasteiger charge is -2.22. The van der Waals surface area contributed by atoms with Gasteiger partial charge in [0.05, 0.1) is 11.9 Å². The Bertz CT molecular complexity index is 1020. The molecule has 4 rings (SSSR count). The number of benzene rings is 3. The molecule has 4 aromatic rings. The molecular formula is C23H18N4OS. The largest absolute Gasteiger partial charge is 0.280 e. The number of thioether (sulfide) groups is 1. The number of aromatic nitrogens is 3. The fourth-order valence-electron chi connectivity index (χ4n) is 2.85. The quantitative estimate of drug-likeness (QED) is 0.428. The van der Waals surface area contributed by atoms with Crippen molar-refractivity contribution < 1.29 is 4.79 Å². The van der Waals surface area contributed by atoms with Gasteiger partial charge in [0.15, 0.2) is 0 Å². The van der Waals surface area contributed by atoms with Gasteiger partial charge in [-0.05, 0) is 24.3 Å². The molecule has 0 bridgehead atoms. The lowest BCUT2D eigenvalue weighted by molar-refractivity contribution is -0.115. The number of hydrogen-bond acceptors (Lipinski definition) is 5. The van der Waals surface area contributed by atoms with Crippen molar-refractivity contribution in [3.05, 3.63) is 97.2 Å². The van der Waals surface area contributed by atoms with Crippen LogP contribution >= 0.6 is 11.8 Å². The van der Waals surface area contributed by atoms with Gasteiger partial charge in [-0.15, -0.1) is 10.2 Å². The molecule has 1 amide bonds. The summed E-state index contributed by atoms with van der Waals surface area (Å²) in [6, 6.07) is 29.0. The molecule has 0 atom stereocenters. The second-order valence-corrected chi connectivity index (χ2v) is 7.12. The minimum absolute atomic E-state index is 0.0527. The second kappa shape index (κ2) is 9.12. The van der Waals surface area contributed by atoms with E-state index in [4.69, 9.17) is 0 Å². The number of hydrogen-bond donors (Lipinski definition) is 0. The Labute approximate surface area is 173 Å². The van der Waals surface area contributed by atoms with Crippen LogP contribution in [0, 0.1) is 0 Å². The zero-order valence-corrected chi connectivity index (χ0v) is 16.4. The minimum Gasteiger partial charge on any atom is -0.280 e. The summed E-state index contributed by atoms with van der Waals surface area (Å²) in [7, 11) is 0. The number of carbonyl (C=O) groups is 1. The van der Waals surface area contributed by atoms with Crippen molar-refractivity contribution in [1.82, 2.24) is 15.2 Å². The van der Waals surface area contributed by atoms with Crippen LogP contribution in [0.4, 0.5) is 11.4 Å². The maximum atomic E-state index is 13.0. The minimum atomic E-state index is -0.0527. The van der Waals surface area contributed by atoms with Crippen molar-refractivity contribution in [2.75, 3.05) is 10.7 Å². The van der Waals surface area contributed by atoms with E-state index in [2.05, 4.69) is 15.2 Å². The average Bonchev–Trinajstić information content (AvgIpc) is 2.80. The number of amides is 1. The van der Waals surface area contributed by atoms with Gasteiger partial charge in [-0.1, -0.05) is 78.5 Å². The van der Waals surface area contributed by atoms with E-state index in [9.17, 15) is 4.79 Å². The molecule has 6 heteroatoms. The highest BCUT2D eigenvalue weighted by molar-refractivity contribution is 7.99. The molecule has 5 nitrogen and oxygen atoms in total. The molecule has 0 spiro atoms. The zero-order chi connectivity index (χ0) is 19.9. The van der Waals surface area contributed by atoms with Crippen LogP contribution in [-0.4, -0.2) is 26.8 Å². The highest BCUT2D eigenvalue weighted by Crippen LogP contribution is 2.27. The lowest BCUT2D eigenvalue weighted by atomic mass is 10.2. The highest BCUT2D eigenvalue weighted by atomic mass is 32.2. The molecule has 0 aliphatic heterocycles. The van der Waals surface area contributed by atoms with Crippen molar-refractivity contribution >= 4 is 29.0 Å². The molecular weight excluding hydrogens is 380 g/mol. The second-order valence-electron chi connectivity index (χ2n) is 6.18. The Morgan fingerprint density at radius 2 is 1.31 bits per heavy atom. The zero-order valence-electron chi connectivity index (χ0n) is 15.6. The molecule has 0 aliphatic rings. The normalized spacial score (nSPS) is 10.5. The van der Waals surface area contributed by atoms with Gasteiger partial charge in [-0.25, -0.2) is 4.98 Å². The Kier molecular flexibility index (Phi) is 5.92. The predicted octanol–water partition coefficient (Wildman–Crippen LogP) is 5.00. The van der Waals surface area contributed by atoms with Crippen molar-refractivity contribution in [2.24, 2.45) is 0 Å². The number of carbonyl (C=O) groups excluding carboxylic acids is 1. The van der Waals surface area contributed by atoms with Gasteiger partial charge in [0.25, 0.3) is 0 Å². The molecule has 0 fully saturated rings. The molecule has 1 heterocycles. The molecule has 0 unspecified atom stereocenters. The first kappa shape index (κ1) is 18.8. The standard InChI is InChI=1S/C23H18N4OS/c28-22(27(19-12-6-2-7-13-19)20-14-8-3-9-15-20)17-29-23-24-16-21(25-26-23)18-10-4-1-5-11-18/h1-16H,17H2. The summed E-state index contributed by atoms with van der Waals surface area (Å²) in [5, 5.41) is 8.86. The van der Waals surface area contributed by atoms with Crippen molar-refractivity contribution in [3.8, 4) is 11.3 Å². The smallest absolute Gasteiger partial charge is 0.242 e. The topological polar surface area (TPSA) is 59.0 Å². The van der Waals surface area contributed by atoms with Crippen LogP contribution in [0.1, 0.15) is 0 Å². The van der Waals surface area contributed by atoms with Crippen LogP contribution in [-0.2, 0) is 4.79 Å².